The van der Waals surface area contributed by atoms with Crippen LogP contribution in [-0.4, -0.2) is 25.9 Å². The fraction of sp³-hybridized carbons (Fsp3) is 0.958. The SMILES string of the molecule is CC[Si](CC)(CC)OC(C)(C)CC[C@@H](F)[C@@H](C)[C@H]1CC[C@H]2C(=O)CCC[C@]12C. The molecular formula is C24H45FO2Si. The van der Waals surface area contributed by atoms with Crippen LogP contribution in [0.1, 0.15) is 93.4 Å². The molecule has 0 aromatic heterocycles. The van der Waals surface area contributed by atoms with Crippen LogP contribution in [-0.2, 0) is 9.22 Å². The Balaban J connectivity index is 1.97. The first kappa shape index (κ1) is 24.1. The van der Waals surface area contributed by atoms with Crippen molar-refractivity contribution in [3.05, 3.63) is 0 Å². The molecule has 2 aliphatic carbocycles. The van der Waals surface area contributed by atoms with Crippen LogP contribution in [0, 0.1) is 23.2 Å². The predicted octanol–water partition coefficient (Wildman–Crippen LogP) is 7.33. The summed E-state index contributed by atoms with van der Waals surface area (Å²) in [5.41, 5.74) is -0.221. The Labute approximate surface area is 174 Å². The van der Waals surface area contributed by atoms with Crippen molar-refractivity contribution in [2.75, 3.05) is 0 Å². The van der Waals surface area contributed by atoms with E-state index in [9.17, 15) is 4.79 Å². The molecular weight excluding hydrogens is 367 g/mol. The summed E-state index contributed by atoms with van der Waals surface area (Å²) < 4.78 is 22.0. The van der Waals surface area contributed by atoms with Crippen molar-refractivity contribution in [3.63, 3.8) is 0 Å². The highest BCUT2D eigenvalue weighted by atomic mass is 28.4. The average Bonchev–Trinajstić information content (AvgIpc) is 3.02. The lowest BCUT2D eigenvalue weighted by Crippen LogP contribution is -2.45. The molecule has 2 nitrogen and oxygen atoms in total. The fourth-order valence-electron chi connectivity index (χ4n) is 6.44. The summed E-state index contributed by atoms with van der Waals surface area (Å²) in [5.74, 6) is 0.998. The van der Waals surface area contributed by atoms with Crippen molar-refractivity contribution in [3.8, 4) is 0 Å². The van der Waals surface area contributed by atoms with Crippen LogP contribution >= 0.6 is 0 Å². The molecule has 28 heavy (non-hydrogen) atoms. The minimum atomic E-state index is -1.68. The first-order chi connectivity index (χ1) is 13.0. The van der Waals surface area contributed by atoms with Gasteiger partial charge in [0.15, 0.2) is 8.32 Å². The van der Waals surface area contributed by atoms with Gasteiger partial charge in [-0.3, -0.25) is 4.79 Å². The van der Waals surface area contributed by atoms with Gasteiger partial charge in [0.05, 0.1) is 5.60 Å². The number of rotatable bonds is 10. The van der Waals surface area contributed by atoms with Crippen LogP contribution in [0.15, 0.2) is 0 Å². The maximum absolute atomic E-state index is 15.4. The third kappa shape index (κ3) is 4.91. The summed E-state index contributed by atoms with van der Waals surface area (Å²) in [4.78, 5) is 12.4. The van der Waals surface area contributed by atoms with E-state index in [0.29, 0.717) is 18.1 Å². The standard InChI is InChI=1S/C24H45FO2Si/c1-8-28(9-2,10-3)27-23(5,6)17-15-21(25)18(4)19-13-14-20-22(26)12-11-16-24(19,20)7/h18-21H,8-17H2,1-7H3/t18-,19+,20-,21+,24+/m0/s1. The zero-order chi connectivity index (χ0) is 21.2. The molecule has 164 valence electrons. The molecule has 0 bridgehead atoms. The third-order valence-corrected chi connectivity index (χ3v) is 13.4. The van der Waals surface area contributed by atoms with Crippen LogP contribution < -0.4 is 0 Å². The molecule has 2 fully saturated rings. The number of carbonyl (C=O) groups excluding carboxylic acids is 1. The first-order valence-electron chi connectivity index (χ1n) is 11.9. The number of ketones is 1. The van der Waals surface area contributed by atoms with E-state index in [1.807, 2.05) is 0 Å². The largest absolute Gasteiger partial charge is 0.412 e. The number of halogens is 1. The normalized spacial score (nSPS) is 30.9. The van der Waals surface area contributed by atoms with Crippen molar-refractivity contribution in [1.29, 1.82) is 0 Å². The summed E-state index contributed by atoms with van der Waals surface area (Å²) >= 11 is 0. The minimum absolute atomic E-state index is 0.0276. The highest BCUT2D eigenvalue weighted by Gasteiger charge is 2.53. The quantitative estimate of drug-likeness (QED) is 0.351. The Kier molecular flexibility index (Phi) is 7.97. The molecule has 0 N–H and O–H groups in total. The highest BCUT2D eigenvalue weighted by molar-refractivity contribution is 6.73. The number of carbonyl (C=O) groups is 1. The Morgan fingerprint density at radius 2 is 1.82 bits per heavy atom. The van der Waals surface area contributed by atoms with Crippen molar-refractivity contribution in [2.24, 2.45) is 23.2 Å². The molecule has 0 unspecified atom stereocenters. The van der Waals surface area contributed by atoms with Gasteiger partial charge in [-0.2, -0.15) is 0 Å². The maximum Gasteiger partial charge on any atom is 0.192 e. The van der Waals surface area contributed by atoms with Crippen LogP contribution in [0.5, 0.6) is 0 Å². The Bertz CT molecular complexity index is 522. The molecule has 0 aliphatic heterocycles. The number of Topliss-reactive ketones (excluding diaryl/α,β-unsaturated/α-hetero) is 1. The van der Waals surface area contributed by atoms with Crippen molar-refractivity contribution in [1.82, 2.24) is 0 Å². The van der Waals surface area contributed by atoms with Gasteiger partial charge in [-0.15, -0.1) is 0 Å². The minimum Gasteiger partial charge on any atom is -0.412 e. The zero-order valence-electron chi connectivity index (χ0n) is 19.6. The Morgan fingerprint density at radius 3 is 2.39 bits per heavy atom. The van der Waals surface area contributed by atoms with Crippen LogP contribution in [0.2, 0.25) is 18.1 Å². The van der Waals surface area contributed by atoms with Crippen molar-refractivity contribution in [2.45, 2.75) is 123 Å². The number of alkyl halides is 1. The van der Waals surface area contributed by atoms with Crippen LogP contribution in [0.3, 0.4) is 0 Å². The molecule has 2 rings (SSSR count). The zero-order valence-corrected chi connectivity index (χ0v) is 20.6. The van der Waals surface area contributed by atoms with E-state index < -0.39 is 14.5 Å². The monoisotopic (exact) mass is 412 g/mol. The second kappa shape index (κ2) is 9.28. The Morgan fingerprint density at radius 1 is 1.21 bits per heavy atom. The molecule has 0 radical (unpaired) electrons. The fourth-order valence-corrected chi connectivity index (χ4v) is 9.65. The van der Waals surface area contributed by atoms with E-state index in [4.69, 9.17) is 4.43 Å². The molecule has 0 spiro atoms. The maximum atomic E-state index is 15.4. The molecule has 0 saturated heterocycles. The van der Waals surface area contributed by atoms with Gasteiger partial charge in [-0.05, 0) is 87.8 Å². The Hall–Kier alpha value is -0.223. The van der Waals surface area contributed by atoms with E-state index in [-0.39, 0.29) is 22.9 Å². The van der Waals surface area contributed by atoms with E-state index in [1.54, 1.807) is 0 Å². The topological polar surface area (TPSA) is 26.3 Å². The molecule has 2 saturated carbocycles. The predicted molar refractivity (Wildman–Crippen MR) is 119 cm³/mol. The van der Waals surface area contributed by atoms with Crippen LogP contribution in [0.4, 0.5) is 4.39 Å². The van der Waals surface area contributed by atoms with Crippen molar-refractivity contribution >= 4 is 14.1 Å². The lowest BCUT2D eigenvalue weighted by Gasteiger charge is -2.43. The van der Waals surface area contributed by atoms with Gasteiger partial charge in [0, 0.05) is 12.3 Å². The summed E-state index contributed by atoms with van der Waals surface area (Å²) in [6.07, 6.45) is 5.36. The third-order valence-electron chi connectivity index (χ3n) is 8.59. The molecule has 0 amide bonds. The number of fused-ring (bicyclic) bond motifs is 1. The molecule has 0 heterocycles. The van der Waals surface area contributed by atoms with E-state index in [2.05, 4.69) is 48.5 Å². The first-order valence-corrected chi connectivity index (χ1v) is 14.4. The van der Waals surface area contributed by atoms with Crippen LogP contribution in [0.25, 0.3) is 0 Å². The summed E-state index contributed by atoms with van der Waals surface area (Å²) in [6.45, 7) is 15.4. The summed E-state index contributed by atoms with van der Waals surface area (Å²) in [5, 5.41) is 0. The highest BCUT2D eigenvalue weighted by Crippen LogP contribution is 2.57. The number of hydrogen-bond acceptors (Lipinski definition) is 2. The van der Waals surface area contributed by atoms with Gasteiger partial charge < -0.3 is 4.43 Å². The summed E-state index contributed by atoms with van der Waals surface area (Å²) in [7, 11) is -1.68. The second-order valence-electron chi connectivity index (χ2n) is 10.6. The van der Waals surface area contributed by atoms with E-state index in [1.165, 1.54) is 0 Å². The smallest absolute Gasteiger partial charge is 0.192 e. The van der Waals surface area contributed by atoms with Gasteiger partial charge in [0.1, 0.15) is 12.0 Å². The van der Waals surface area contributed by atoms with Gasteiger partial charge in [-0.25, -0.2) is 4.39 Å². The molecule has 2 aliphatic rings. The molecule has 0 aromatic carbocycles. The lowest BCUT2D eigenvalue weighted by atomic mass is 9.61. The molecule has 0 aromatic rings. The van der Waals surface area contributed by atoms with Gasteiger partial charge in [0.25, 0.3) is 0 Å². The van der Waals surface area contributed by atoms with E-state index >= 15 is 4.39 Å². The lowest BCUT2D eigenvalue weighted by molar-refractivity contribution is -0.130. The number of hydrogen-bond donors (Lipinski definition) is 0. The van der Waals surface area contributed by atoms with Gasteiger partial charge in [-0.1, -0.05) is 34.6 Å². The summed E-state index contributed by atoms with van der Waals surface area (Å²) in [6, 6.07) is 3.40. The van der Waals surface area contributed by atoms with Crippen molar-refractivity contribution < 1.29 is 13.6 Å². The molecule has 5 atom stereocenters. The molecule has 4 heteroatoms. The van der Waals surface area contributed by atoms with Gasteiger partial charge in [0.2, 0.25) is 0 Å². The van der Waals surface area contributed by atoms with Gasteiger partial charge >= 0.3 is 0 Å². The second-order valence-corrected chi connectivity index (χ2v) is 15.3. The average molecular weight is 413 g/mol. The van der Waals surface area contributed by atoms with E-state index in [0.717, 1.165) is 56.7 Å².